The van der Waals surface area contributed by atoms with Crippen LogP contribution in [-0.2, 0) is 11.0 Å². The van der Waals surface area contributed by atoms with Crippen LogP contribution in [0.15, 0.2) is 52.5 Å². The Bertz CT molecular complexity index is 721. The lowest BCUT2D eigenvalue weighted by Crippen LogP contribution is -2.13. The normalized spacial score (nSPS) is 11.5. The van der Waals surface area contributed by atoms with Crippen molar-refractivity contribution in [3.8, 4) is 0 Å². The molecule has 3 nitrogen and oxygen atoms in total. The van der Waals surface area contributed by atoms with E-state index in [0.29, 0.717) is 10.1 Å². The Morgan fingerprint density at radius 2 is 1.46 bits per heavy atom. The molecule has 1 N–H and O–H groups in total. The summed E-state index contributed by atoms with van der Waals surface area (Å²) >= 11 is 6.23. The van der Waals surface area contributed by atoms with Gasteiger partial charge in [-0.2, -0.15) is 5.10 Å². The predicted octanol–water partition coefficient (Wildman–Crippen LogP) is 7.05. The molecule has 0 aliphatic carbocycles. The SMILES string of the molecule is CC.CCCCC.Cc1ccc(S(=O)N/N=C(/Cl)c2c(C)cccc2C)cc1. The Morgan fingerprint density at radius 3 is 1.89 bits per heavy atom. The molecule has 0 aromatic heterocycles. The highest BCUT2D eigenvalue weighted by Gasteiger charge is 2.08. The molecule has 0 heterocycles. The van der Waals surface area contributed by atoms with Crippen molar-refractivity contribution in [2.45, 2.75) is 72.6 Å². The van der Waals surface area contributed by atoms with E-state index in [4.69, 9.17) is 11.6 Å². The molecule has 2 aromatic rings. The lowest BCUT2D eigenvalue weighted by atomic mass is 10.0. The maximum Gasteiger partial charge on any atom is 0.166 e. The molecule has 156 valence electrons. The number of aryl methyl sites for hydroxylation is 3. The molecule has 0 spiro atoms. The average Bonchev–Trinajstić information content (AvgIpc) is 2.69. The predicted molar refractivity (Wildman–Crippen MR) is 126 cm³/mol. The Labute approximate surface area is 179 Å². The van der Waals surface area contributed by atoms with Crippen LogP contribution in [0.2, 0.25) is 0 Å². The molecule has 5 heteroatoms. The van der Waals surface area contributed by atoms with Crippen molar-refractivity contribution in [1.29, 1.82) is 0 Å². The number of nitrogens with zero attached hydrogens (tertiary/aromatic N) is 1. The van der Waals surface area contributed by atoms with Gasteiger partial charge in [-0.15, -0.1) is 0 Å². The minimum Gasteiger partial charge on any atom is -0.230 e. The molecule has 2 aromatic carbocycles. The summed E-state index contributed by atoms with van der Waals surface area (Å²) in [7, 11) is -1.42. The molecule has 2 rings (SSSR count). The van der Waals surface area contributed by atoms with Gasteiger partial charge in [0.05, 0.1) is 4.90 Å². The Kier molecular flexibility index (Phi) is 14.4. The highest BCUT2D eigenvalue weighted by molar-refractivity contribution is 7.83. The van der Waals surface area contributed by atoms with Gasteiger partial charge < -0.3 is 0 Å². The van der Waals surface area contributed by atoms with E-state index < -0.39 is 11.0 Å². The van der Waals surface area contributed by atoms with Crippen LogP contribution in [-0.4, -0.2) is 9.38 Å². The average molecular weight is 423 g/mol. The van der Waals surface area contributed by atoms with Gasteiger partial charge in [0.15, 0.2) is 16.2 Å². The van der Waals surface area contributed by atoms with Crippen molar-refractivity contribution >= 4 is 27.8 Å². The third-order valence-electron chi connectivity index (χ3n) is 3.86. The quantitative estimate of drug-likeness (QED) is 0.393. The molecular weight excluding hydrogens is 388 g/mol. The fourth-order valence-electron chi connectivity index (χ4n) is 2.35. The van der Waals surface area contributed by atoms with E-state index in [1.54, 1.807) is 12.1 Å². The van der Waals surface area contributed by atoms with Gasteiger partial charge in [0.1, 0.15) is 0 Å². The van der Waals surface area contributed by atoms with Gasteiger partial charge in [0, 0.05) is 5.56 Å². The van der Waals surface area contributed by atoms with Gasteiger partial charge in [0.2, 0.25) is 0 Å². The van der Waals surface area contributed by atoms with Gasteiger partial charge >= 0.3 is 0 Å². The summed E-state index contributed by atoms with van der Waals surface area (Å²) < 4.78 is 12.1. The smallest absolute Gasteiger partial charge is 0.166 e. The molecule has 1 unspecified atom stereocenters. The van der Waals surface area contributed by atoms with Crippen molar-refractivity contribution in [3.05, 3.63) is 64.7 Å². The molecule has 0 saturated heterocycles. The van der Waals surface area contributed by atoms with Gasteiger partial charge in [-0.3, -0.25) is 0 Å². The Hall–Kier alpha value is -1.65. The van der Waals surface area contributed by atoms with Crippen molar-refractivity contribution in [2.24, 2.45) is 5.10 Å². The van der Waals surface area contributed by atoms with E-state index in [1.807, 2.05) is 65.0 Å². The minimum absolute atomic E-state index is 0.311. The first-order valence-electron chi connectivity index (χ1n) is 9.94. The fourth-order valence-corrected chi connectivity index (χ4v) is 3.40. The van der Waals surface area contributed by atoms with E-state index in [0.717, 1.165) is 22.3 Å². The summed E-state index contributed by atoms with van der Waals surface area (Å²) in [5.74, 6) is 0. The van der Waals surface area contributed by atoms with E-state index in [1.165, 1.54) is 19.3 Å². The van der Waals surface area contributed by atoms with Crippen molar-refractivity contribution in [2.75, 3.05) is 0 Å². The first kappa shape index (κ1) is 26.4. The van der Waals surface area contributed by atoms with E-state index in [-0.39, 0.29) is 0 Å². The van der Waals surface area contributed by atoms with Crippen LogP contribution in [0.25, 0.3) is 0 Å². The van der Waals surface area contributed by atoms with Crippen molar-refractivity contribution in [3.63, 3.8) is 0 Å². The number of halogens is 1. The van der Waals surface area contributed by atoms with Gasteiger partial charge in [-0.1, -0.05) is 94.5 Å². The van der Waals surface area contributed by atoms with Crippen molar-refractivity contribution in [1.82, 2.24) is 4.83 Å². The van der Waals surface area contributed by atoms with Crippen LogP contribution in [0.4, 0.5) is 0 Å². The number of rotatable bonds is 6. The first-order valence-corrected chi connectivity index (χ1v) is 11.5. The molecule has 0 aliphatic heterocycles. The topological polar surface area (TPSA) is 41.5 Å². The van der Waals surface area contributed by atoms with E-state index in [9.17, 15) is 4.21 Å². The molecule has 0 radical (unpaired) electrons. The van der Waals surface area contributed by atoms with E-state index >= 15 is 0 Å². The molecule has 1 atom stereocenters. The molecule has 28 heavy (non-hydrogen) atoms. The maximum atomic E-state index is 12.1. The number of hydrogen-bond acceptors (Lipinski definition) is 2. The second-order valence-corrected chi connectivity index (χ2v) is 7.75. The minimum atomic E-state index is -1.42. The van der Waals surface area contributed by atoms with E-state index in [2.05, 4.69) is 23.8 Å². The molecule has 0 amide bonds. The number of benzene rings is 2. The summed E-state index contributed by atoms with van der Waals surface area (Å²) in [5.41, 5.74) is 4.05. The van der Waals surface area contributed by atoms with Crippen molar-refractivity contribution < 1.29 is 4.21 Å². The van der Waals surface area contributed by atoms with Crippen LogP contribution in [0.3, 0.4) is 0 Å². The first-order chi connectivity index (χ1) is 13.4. The second kappa shape index (κ2) is 15.3. The fraction of sp³-hybridized carbons (Fsp3) is 0.435. The Balaban J connectivity index is 0.000000906. The lowest BCUT2D eigenvalue weighted by molar-refractivity contribution is 0.675. The number of hydrazone groups is 1. The highest BCUT2D eigenvalue weighted by atomic mass is 35.5. The van der Waals surface area contributed by atoms with Crippen LogP contribution in [0.1, 0.15) is 69.2 Å². The third kappa shape index (κ3) is 9.52. The van der Waals surface area contributed by atoms with Gasteiger partial charge in [-0.05, 0) is 44.0 Å². The largest absolute Gasteiger partial charge is 0.230 e. The van der Waals surface area contributed by atoms with Gasteiger partial charge in [0.25, 0.3) is 0 Å². The zero-order valence-electron chi connectivity index (χ0n) is 18.3. The molecule has 0 aliphatic rings. The summed E-state index contributed by atoms with van der Waals surface area (Å²) in [6, 6.07) is 13.3. The molecule has 0 bridgehead atoms. The summed E-state index contributed by atoms with van der Waals surface area (Å²) in [4.78, 5) is 3.26. The summed E-state index contributed by atoms with van der Waals surface area (Å²) in [6.07, 6.45) is 4.08. The zero-order chi connectivity index (χ0) is 21.5. The van der Waals surface area contributed by atoms with Gasteiger partial charge in [-0.25, -0.2) is 9.04 Å². The third-order valence-corrected chi connectivity index (χ3v) is 5.09. The molecule has 0 saturated carbocycles. The second-order valence-electron chi connectivity index (χ2n) is 6.20. The summed E-state index contributed by atoms with van der Waals surface area (Å²) in [6.45, 7) is 14.3. The number of hydrogen-bond donors (Lipinski definition) is 1. The standard InChI is InChI=1S/C16H17ClN2OS.C5H12.C2H6/c1-11-7-9-14(10-8-11)21(20)19-18-16(17)15-12(2)5-4-6-13(15)3;1-3-5-4-2;1-2/h4-10,19H,1-3H3;3-5H2,1-2H3;1-2H3/b18-16+;;. The monoisotopic (exact) mass is 422 g/mol. The van der Waals surface area contributed by atoms with Crippen LogP contribution >= 0.6 is 11.6 Å². The molecule has 0 fully saturated rings. The summed E-state index contributed by atoms with van der Waals surface area (Å²) in [5, 5.41) is 4.36. The van der Waals surface area contributed by atoms with Crippen LogP contribution < -0.4 is 4.83 Å². The van der Waals surface area contributed by atoms with Crippen LogP contribution in [0.5, 0.6) is 0 Å². The highest BCUT2D eigenvalue weighted by Crippen LogP contribution is 2.16. The number of nitrogens with one attached hydrogen (secondary N) is 1. The maximum absolute atomic E-state index is 12.1. The number of unbranched alkanes of at least 4 members (excludes halogenated alkanes) is 2. The van der Waals surface area contributed by atoms with Crippen LogP contribution in [0, 0.1) is 20.8 Å². The lowest BCUT2D eigenvalue weighted by Gasteiger charge is -2.08. The Morgan fingerprint density at radius 1 is 0.964 bits per heavy atom. The zero-order valence-corrected chi connectivity index (χ0v) is 19.9. The molecular formula is C23H35ClN2OS.